The molecular formula is C15H14ClNO2. The Hall–Kier alpha value is -1.87. The zero-order valence-electron chi connectivity index (χ0n) is 10.3. The summed E-state index contributed by atoms with van der Waals surface area (Å²) in [6.07, 6.45) is 0.449. The summed E-state index contributed by atoms with van der Waals surface area (Å²) in [5, 5.41) is 2.77. The number of halogens is 1. The van der Waals surface area contributed by atoms with E-state index in [1.807, 2.05) is 54.6 Å². The summed E-state index contributed by atoms with van der Waals surface area (Å²) >= 11 is 5.68. The molecular weight excluding hydrogens is 262 g/mol. The third-order valence-electron chi connectivity index (χ3n) is 2.69. The number of rotatable bonds is 6. The monoisotopic (exact) mass is 275 g/mol. The second kappa shape index (κ2) is 6.90. The zero-order chi connectivity index (χ0) is 13.5. The molecule has 0 aliphatic rings. The van der Waals surface area contributed by atoms with Gasteiger partial charge in [-0.2, -0.15) is 0 Å². The first-order valence-electron chi connectivity index (χ1n) is 6.00. The van der Waals surface area contributed by atoms with E-state index in [1.165, 1.54) is 0 Å². The predicted octanol–water partition coefficient (Wildman–Crippen LogP) is 4.14. The van der Waals surface area contributed by atoms with E-state index in [2.05, 4.69) is 5.18 Å². The van der Waals surface area contributed by atoms with Crippen molar-refractivity contribution in [2.45, 2.75) is 18.5 Å². The molecule has 0 bridgehead atoms. The number of nitroso groups, excluding NO2 is 1. The summed E-state index contributed by atoms with van der Waals surface area (Å²) in [4.78, 5) is 10.2. The topological polar surface area (TPSA) is 38.7 Å². The first kappa shape index (κ1) is 13.6. The number of nitrogens with zero attached hydrogens (tertiary/aromatic N) is 1. The van der Waals surface area contributed by atoms with Gasteiger partial charge in [0, 0.05) is 6.42 Å². The lowest BCUT2D eigenvalue weighted by Crippen LogP contribution is -1.99. The van der Waals surface area contributed by atoms with Gasteiger partial charge >= 0.3 is 0 Å². The number of benzene rings is 2. The van der Waals surface area contributed by atoms with Crippen molar-refractivity contribution >= 4 is 11.6 Å². The molecule has 19 heavy (non-hydrogen) atoms. The maximum atomic E-state index is 10.2. The number of hydrogen-bond donors (Lipinski definition) is 0. The number of alkyl halides is 1. The van der Waals surface area contributed by atoms with Crippen molar-refractivity contribution in [1.29, 1.82) is 0 Å². The van der Waals surface area contributed by atoms with E-state index < -0.39 is 5.50 Å². The summed E-state index contributed by atoms with van der Waals surface area (Å²) in [6.45, 7) is 0.514. The van der Waals surface area contributed by atoms with Crippen LogP contribution in [0.15, 0.2) is 59.8 Å². The van der Waals surface area contributed by atoms with Gasteiger partial charge in [0.05, 0.1) is 0 Å². The van der Waals surface area contributed by atoms with E-state index in [0.29, 0.717) is 13.0 Å². The summed E-state index contributed by atoms with van der Waals surface area (Å²) in [6, 6.07) is 17.5. The Morgan fingerprint density at radius 2 is 1.63 bits per heavy atom. The predicted molar refractivity (Wildman–Crippen MR) is 76.4 cm³/mol. The Balaban J connectivity index is 1.90. The van der Waals surface area contributed by atoms with Crippen LogP contribution in [0.3, 0.4) is 0 Å². The Bertz CT molecular complexity index is 513. The standard InChI is InChI=1S/C15H14ClNO2/c16-15(17-18)10-12-6-8-13(9-7-12)11-19-14-4-2-1-3-5-14/h1-9,15H,10-11H2. The lowest BCUT2D eigenvalue weighted by atomic mass is 10.1. The van der Waals surface area contributed by atoms with E-state index in [9.17, 15) is 4.91 Å². The van der Waals surface area contributed by atoms with Gasteiger partial charge in [0.1, 0.15) is 12.4 Å². The van der Waals surface area contributed by atoms with E-state index in [4.69, 9.17) is 16.3 Å². The number of hydrogen-bond acceptors (Lipinski definition) is 3. The van der Waals surface area contributed by atoms with Crippen LogP contribution in [0.25, 0.3) is 0 Å². The van der Waals surface area contributed by atoms with Crippen molar-refractivity contribution in [2.75, 3.05) is 0 Å². The highest BCUT2D eigenvalue weighted by atomic mass is 35.5. The summed E-state index contributed by atoms with van der Waals surface area (Å²) in [7, 11) is 0. The number of ether oxygens (including phenoxy) is 1. The van der Waals surface area contributed by atoms with Gasteiger partial charge in [0.25, 0.3) is 0 Å². The Morgan fingerprint density at radius 3 is 2.26 bits per heavy atom. The SMILES string of the molecule is O=NC(Cl)Cc1ccc(COc2ccccc2)cc1. The van der Waals surface area contributed by atoms with Crippen molar-refractivity contribution < 1.29 is 4.74 Å². The van der Waals surface area contributed by atoms with Gasteiger partial charge in [-0.3, -0.25) is 0 Å². The Labute approximate surface area is 117 Å². The second-order valence-corrected chi connectivity index (χ2v) is 4.67. The molecule has 1 atom stereocenters. The highest BCUT2D eigenvalue weighted by Gasteiger charge is 2.04. The largest absolute Gasteiger partial charge is 0.489 e. The molecule has 0 aromatic heterocycles. The van der Waals surface area contributed by atoms with Crippen LogP contribution in [0.2, 0.25) is 0 Å². The van der Waals surface area contributed by atoms with Crippen LogP contribution in [0, 0.1) is 4.91 Å². The molecule has 1 unspecified atom stereocenters. The highest BCUT2D eigenvalue weighted by Crippen LogP contribution is 2.14. The fourth-order valence-electron chi connectivity index (χ4n) is 1.69. The van der Waals surface area contributed by atoms with Crippen LogP contribution in [0.5, 0.6) is 5.75 Å². The minimum atomic E-state index is -0.702. The van der Waals surface area contributed by atoms with Crippen molar-refractivity contribution in [3.63, 3.8) is 0 Å². The molecule has 0 aliphatic heterocycles. The van der Waals surface area contributed by atoms with Crippen molar-refractivity contribution in [3.8, 4) is 5.75 Å². The van der Waals surface area contributed by atoms with Crippen LogP contribution in [-0.4, -0.2) is 5.50 Å². The minimum absolute atomic E-state index is 0.449. The molecule has 4 heteroatoms. The Kier molecular flexibility index (Phi) is 4.93. The molecule has 2 aromatic rings. The van der Waals surface area contributed by atoms with Crippen molar-refractivity contribution in [1.82, 2.24) is 0 Å². The molecule has 2 rings (SSSR count). The summed E-state index contributed by atoms with van der Waals surface area (Å²) < 4.78 is 5.64. The van der Waals surface area contributed by atoms with Gasteiger partial charge in [0.2, 0.25) is 0 Å². The zero-order valence-corrected chi connectivity index (χ0v) is 11.1. The average Bonchev–Trinajstić information content (AvgIpc) is 2.47. The van der Waals surface area contributed by atoms with Gasteiger partial charge in [-0.05, 0) is 28.4 Å². The van der Waals surface area contributed by atoms with Crippen LogP contribution in [0.1, 0.15) is 11.1 Å². The minimum Gasteiger partial charge on any atom is -0.489 e. The first-order chi connectivity index (χ1) is 9.28. The number of para-hydroxylation sites is 1. The van der Waals surface area contributed by atoms with E-state index in [1.54, 1.807) is 0 Å². The van der Waals surface area contributed by atoms with Crippen LogP contribution in [0.4, 0.5) is 0 Å². The molecule has 98 valence electrons. The van der Waals surface area contributed by atoms with Crippen molar-refractivity contribution in [3.05, 3.63) is 70.6 Å². The molecule has 0 aliphatic carbocycles. The first-order valence-corrected chi connectivity index (χ1v) is 6.44. The molecule has 0 heterocycles. The molecule has 0 amide bonds. The van der Waals surface area contributed by atoms with Gasteiger partial charge in [0.15, 0.2) is 5.50 Å². The summed E-state index contributed by atoms with van der Waals surface area (Å²) in [5.41, 5.74) is 1.35. The lowest BCUT2D eigenvalue weighted by Gasteiger charge is -2.07. The molecule has 0 saturated carbocycles. The molecule has 0 saturated heterocycles. The van der Waals surface area contributed by atoms with Gasteiger partial charge in [-0.15, -0.1) is 4.91 Å². The molecule has 3 nitrogen and oxygen atoms in total. The maximum absolute atomic E-state index is 10.2. The fraction of sp³-hybridized carbons (Fsp3) is 0.200. The third-order valence-corrected chi connectivity index (χ3v) is 2.92. The second-order valence-electron chi connectivity index (χ2n) is 4.16. The van der Waals surface area contributed by atoms with Gasteiger partial charge < -0.3 is 4.74 Å². The average molecular weight is 276 g/mol. The highest BCUT2D eigenvalue weighted by molar-refractivity contribution is 6.20. The van der Waals surface area contributed by atoms with Gasteiger partial charge in [-0.1, -0.05) is 54.1 Å². The maximum Gasteiger partial charge on any atom is 0.169 e. The smallest absolute Gasteiger partial charge is 0.169 e. The molecule has 0 N–H and O–H groups in total. The van der Waals surface area contributed by atoms with E-state index in [0.717, 1.165) is 16.9 Å². The normalized spacial score (nSPS) is 11.8. The summed E-state index contributed by atoms with van der Waals surface area (Å²) in [5.74, 6) is 0.845. The molecule has 0 spiro atoms. The van der Waals surface area contributed by atoms with Crippen LogP contribution >= 0.6 is 11.6 Å². The molecule has 2 aromatic carbocycles. The molecule has 0 radical (unpaired) electrons. The third kappa shape index (κ3) is 4.38. The Morgan fingerprint density at radius 1 is 1.00 bits per heavy atom. The van der Waals surface area contributed by atoms with Gasteiger partial charge in [-0.25, -0.2) is 0 Å². The quantitative estimate of drug-likeness (QED) is 0.451. The molecule has 0 fully saturated rings. The van der Waals surface area contributed by atoms with Crippen LogP contribution < -0.4 is 4.74 Å². The van der Waals surface area contributed by atoms with Crippen LogP contribution in [-0.2, 0) is 13.0 Å². The van der Waals surface area contributed by atoms with E-state index >= 15 is 0 Å². The van der Waals surface area contributed by atoms with Crippen molar-refractivity contribution in [2.24, 2.45) is 5.18 Å². The van der Waals surface area contributed by atoms with E-state index in [-0.39, 0.29) is 0 Å². The lowest BCUT2D eigenvalue weighted by molar-refractivity contribution is 0.306. The fourth-order valence-corrected chi connectivity index (χ4v) is 1.86.